The summed E-state index contributed by atoms with van der Waals surface area (Å²) in [4.78, 5) is 53.0. The number of rotatable bonds is 24. The molecular formula is C55H61N3O9Si. The van der Waals surface area contributed by atoms with E-state index in [1.807, 2.05) is 158 Å². The fraction of sp³-hybridized carbons (Fsp3) is 0.273. The Kier molecular flexibility index (Phi) is 18.9. The van der Waals surface area contributed by atoms with Crippen LogP contribution in [-0.2, 0) is 67.9 Å². The van der Waals surface area contributed by atoms with Crippen LogP contribution in [0.5, 0.6) is 11.5 Å². The largest absolute Gasteiger partial charge is 0.489 e. The second kappa shape index (κ2) is 25.6. The van der Waals surface area contributed by atoms with Crippen LogP contribution >= 0.6 is 0 Å². The summed E-state index contributed by atoms with van der Waals surface area (Å²) in [5.41, 5.74) is 13.0. The van der Waals surface area contributed by atoms with E-state index in [9.17, 15) is 19.2 Å². The highest BCUT2D eigenvalue weighted by Crippen LogP contribution is 2.33. The Morgan fingerprint density at radius 3 is 1.50 bits per heavy atom. The van der Waals surface area contributed by atoms with Gasteiger partial charge < -0.3 is 40.1 Å². The highest BCUT2D eigenvalue weighted by Gasteiger charge is 2.27. The number of carbonyl (C=O) groups excluding carboxylic acids is 4. The minimum atomic E-state index is -1.55. The maximum atomic E-state index is 13.9. The summed E-state index contributed by atoms with van der Waals surface area (Å²) in [6.07, 6.45) is -0.627. The van der Waals surface area contributed by atoms with E-state index in [0.29, 0.717) is 22.6 Å². The van der Waals surface area contributed by atoms with Crippen LogP contribution in [0.4, 0.5) is 4.79 Å². The van der Waals surface area contributed by atoms with Crippen molar-refractivity contribution in [3.8, 4) is 22.6 Å². The molecule has 0 spiro atoms. The van der Waals surface area contributed by atoms with E-state index in [0.717, 1.165) is 39.4 Å². The summed E-state index contributed by atoms with van der Waals surface area (Å²) < 4.78 is 29.5. The molecule has 0 aromatic heterocycles. The van der Waals surface area contributed by atoms with Gasteiger partial charge >= 0.3 is 18.0 Å². The Morgan fingerprint density at radius 1 is 0.559 bits per heavy atom. The van der Waals surface area contributed by atoms with Crippen molar-refractivity contribution in [3.05, 3.63) is 191 Å². The Balaban J connectivity index is 1.25. The first-order chi connectivity index (χ1) is 32.9. The van der Waals surface area contributed by atoms with Gasteiger partial charge in [-0.25, -0.2) is 9.59 Å². The number of esters is 2. The minimum Gasteiger partial charge on any atom is -0.489 e. The maximum absolute atomic E-state index is 13.9. The normalized spacial score (nSPS) is 11.9. The summed E-state index contributed by atoms with van der Waals surface area (Å²) in [6, 6.07) is 48.2. The molecule has 354 valence electrons. The molecule has 6 rings (SSSR count). The zero-order chi connectivity index (χ0) is 48.1. The molecule has 4 N–H and O–H groups in total. The van der Waals surface area contributed by atoms with E-state index in [2.05, 4.69) is 30.3 Å². The molecule has 0 aliphatic rings. The smallest absolute Gasteiger partial charge is 0.408 e. The Hall–Kier alpha value is -7.22. The van der Waals surface area contributed by atoms with Gasteiger partial charge in [0, 0.05) is 27.5 Å². The number of alkyl carbamates (subject to hydrolysis) is 1. The molecule has 12 nitrogen and oxygen atoms in total. The number of nitrogens with two attached hydrogens (primary N) is 1. The van der Waals surface area contributed by atoms with Gasteiger partial charge in [0.2, 0.25) is 5.91 Å². The topological polar surface area (TPSA) is 165 Å². The van der Waals surface area contributed by atoms with Crippen LogP contribution < -0.4 is 25.8 Å². The number of carbonyl (C=O) groups is 4. The zero-order valence-corrected chi connectivity index (χ0v) is 40.0. The summed E-state index contributed by atoms with van der Waals surface area (Å²) in [7, 11) is -1.55. The third-order valence-electron chi connectivity index (χ3n) is 10.9. The fourth-order valence-electron chi connectivity index (χ4n) is 7.03. The van der Waals surface area contributed by atoms with E-state index in [-0.39, 0.29) is 58.8 Å². The molecule has 0 unspecified atom stereocenters. The monoisotopic (exact) mass is 935 g/mol. The average molecular weight is 936 g/mol. The number of hydrogen-bond acceptors (Lipinski definition) is 10. The summed E-state index contributed by atoms with van der Waals surface area (Å²) in [5, 5.41) is 5.55. The maximum Gasteiger partial charge on any atom is 0.408 e. The second-order valence-electron chi connectivity index (χ2n) is 17.6. The number of hydrogen-bond donors (Lipinski definition) is 3. The molecule has 0 aliphatic heterocycles. The lowest BCUT2D eigenvalue weighted by atomic mass is 9.95. The SMILES string of the molecule is C[Si](C)(C)CCOC(=O)[C@H](Cc1cc(-c2ccc(OCc3ccccc3)c(C[C@H](N)C(=O)NCCC(=O)OCc3ccccc3)c2)ccc1OCc1ccccc1)NC(=O)OCc1ccccc1. The first-order valence-electron chi connectivity index (χ1n) is 22.8. The van der Waals surface area contributed by atoms with Gasteiger partial charge in [-0.05, 0) is 74.8 Å². The van der Waals surface area contributed by atoms with Crippen LogP contribution in [0.25, 0.3) is 11.1 Å². The van der Waals surface area contributed by atoms with Gasteiger partial charge in [0.05, 0.1) is 19.1 Å². The number of amides is 2. The minimum absolute atomic E-state index is 0.0128. The highest BCUT2D eigenvalue weighted by atomic mass is 28.3. The lowest BCUT2D eigenvalue weighted by Gasteiger charge is -2.22. The van der Waals surface area contributed by atoms with Crippen molar-refractivity contribution in [2.75, 3.05) is 13.2 Å². The predicted molar refractivity (Wildman–Crippen MR) is 265 cm³/mol. The molecule has 2 amide bonds. The Morgan fingerprint density at radius 2 is 1.01 bits per heavy atom. The Labute approximate surface area is 400 Å². The lowest BCUT2D eigenvalue weighted by Crippen LogP contribution is -2.44. The van der Waals surface area contributed by atoms with Gasteiger partial charge in [-0.3, -0.25) is 9.59 Å². The standard InChI is InChI=1S/C55H61N3O9Si/c1-68(2,3)31-30-63-54(61)49(58-55(62)67-39-43-22-14-7-15-23-43)35-47-33-45(25-27-51(47)65-37-41-18-10-5-11-19-41)44-24-26-50(64-36-40-16-8-4-9-17-40)46(32-44)34-48(56)53(60)57-29-28-52(59)66-38-42-20-12-6-13-21-42/h4-27,32-33,48-49H,28-31,34-39,56H2,1-3H3,(H,57,60)(H,58,62)/t48-,49-/m0/s1. The van der Waals surface area contributed by atoms with E-state index < -0.39 is 44.1 Å². The van der Waals surface area contributed by atoms with Crippen LogP contribution in [0.3, 0.4) is 0 Å². The second-order valence-corrected chi connectivity index (χ2v) is 23.3. The third kappa shape index (κ3) is 16.9. The lowest BCUT2D eigenvalue weighted by molar-refractivity contribution is -0.146. The van der Waals surface area contributed by atoms with E-state index in [1.54, 1.807) is 0 Å². The molecule has 2 atom stereocenters. The van der Waals surface area contributed by atoms with E-state index in [4.69, 9.17) is 29.4 Å². The van der Waals surface area contributed by atoms with E-state index in [1.165, 1.54) is 0 Å². The fourth-order valence-corrected chi connectivity index (χ4v) is 7.74. The van der Waals surface area contributed by atoms with Crippen molar-refractivity contribution in [1.82, 2.24) is 10.6 Å². The quantitative estimate of drug-likeness (QED) is 0.0303. The molecule has 6 aromatic rings. The first kappa shape index (κ1) is 50.2. The van der Waals surface area contributed by atoms with Crippen molar-refractivity contribution in [3.63, 3.8) is 0 Å². The molecule has 0 saturated carbocycles. The van der Waals surface area contributed by atoms with Gasteiger partial charge in [-0.15, -0.1) is 0 Å². The summed E-state index contributed by atoms with van der Waals surface area (Å²) in [6.45, 7) is 7.60. The Bertz CT molecular complexity index is 2540. The highest BCUT2D eigenvalue weighted by molar-refractivity contribution is 6.76. The molecule has 0 bridgehead atoms. The van der Waals surface area contributed by atoms with Gasteiger partial charge in [0.15, 0.2) is 0 Å². The van der Waals surface area contributed by atoms with Crippen molar-refractivity contribution in [2.45, 2.75) is 83.5 Å². The van der Waals surface area contributed by atoms with Crippen LogP contribution in [0.2, 0.25) is 25.7 Å². The van der Waals surface area contributed by atoms with Crippen LogP contribution in [0.1, 0.15) is 39.8 Å². The van der Waals surface area contributed by atoms with Gasteiger partial charge in [0.25, 0.3) is 0 Å². The molecule has 0 fully saturated rings. The predicted octanol–water partition coefficient (Wildman–Crippen LogP) is 9.35. The van der Waals surface area contributed by atoms with Crippen LogP contribution in [0, 0.1) is 0 Å². The van der Waals surface area contributed by atoms with Crippen molar-refractivity contribution in [1.29, 1.82) is 0 Å². The number of benzene rings is 6. The van der Waals surface area contributed by atoms with Crippen molar-refractivity contribution < 1.29 is 42.9 Å². The molecule has 68 heavy (non-hydrogen) atoms. The summed E-state index contributed by atoms with van der Waals surface area (Å²) >= 11 is 0. The van der Waals surface area contributed by atoms with Gasteiger partial charge in [-0.2, -0.15) is 0 Å². The number of nitrogens with one attached hydrogen (secondary N) is 2. The molecule has 13 heteroatoms. The molecule has 0 saturated heterocycles. The van der Waals surface area contributed by atoms with Gasteiger partial charge in [-0.1, -0.05) is 153 Å². The van der Waals surface area contributed by atoms with Crippen molar-refractivity contribution >= 4 is 32.0 Å². The number of ether oxygens (including phenoxy) is 5. The molecule has 0 aliphatic carbocycles. The van der Waals surface area contributed by atoms with Crippen LogP contribution in [0.15, 0.2) is 158 Å². The molecule has 6 aromatic carbocycles. The molecule has 0 heterocycles. The summed E-state index contributed by atoms with van der Waals surface area (Å²) in [5.74, 6) is -0.389. The molecule has 0 radical (unpaired) electrons. The molecular weight excluding hydrogens is 875 g/mol. The van der Waals surface area contributed by atoms with Crippen LogP contribution in [-0.4, -0.2) is 57.2 Å². The zero-order valence-electron chi connectivity index (χ0n) is 39.0. The first-order valence-corrected chi connectivity index (χ1v) is 26.6. The third-order valence-corrected chi connectivity index (χ3v) is 12.6. The van der Waals surface area contributed by atoms with E-state index >= 15 is 0 Å². The van der Waals surface area contributed by atoms with Crippen molar-refractivity contribution in [2.24, 2.45) is 5.73 Å². The van der Waals surface area contributed by atoms with Gasteiger partial charge in [0.1, 0.15) is 44.0 Å². The average Bonchev–Trinajstić information content (AvgIpc) is 3.34.